The fourth-order valence-electron chi connectivity index (χ4n) is 3.99. The summed E-state index contributed by atoms with van der Waals surface area (Å²) in [7, 11) is -3.77. The van der Waals surface area contributed by atoms with Gasteiger partial charge in [-0.3, -0.25) is 0 Å². The SMILES string of the molecule is CCCC(O)S(=O)(=O)N1CCC(n2c([C@@H](C)O)nc3cnc4[nH]ccc4c32)C1. The van der Waals surface area contributed by atoms with E-state index in [1.165, 1.54) is 4.31 Å². The predicted molar refractivity (Wildman–Crippen MR) is 105 cm³/mol. The number of nitrogens with zero attached hydrogens (tertiary/aromatic N) is 4. The second-order valence-electron chi connectivity index (χ2n) is 7.34. The molecular formula is C18H25N5O4S. The Labute approximate surface area is 163 Å². The summed E-state index contributed by atoms with van der Waals surface area (Å²) in [4.78, 5) is 12.0. The van der Waals surface area contributed by atoms with Gasteiger partial charge in [0, 0.05) is 24.7 Å². The lowest BCUT2D eigenvalue weighted by atomic mass is 10.2. The fraction of sp³-hybridized carbons (Fsp3) is 0.556. The molecule has 0 saturated carbocycles. The summed E-state index contributed by atoms with van der Waals surface area (Å²) in [5, 5.41) is 21.2. The Bertz CT molecular complexity index is 1100. The summed E-state index contributed by atoms with van der Waals surface area (Å²) in [6.07, 6.45) is 4.03. The molecule has 4 heterocycles. The maximum Gasteiger partial charge on any atom is 0.241 e. The highest BCUT2D eigenvalue weighted by molar-refractivity contribution is 7.89. The molecule has 152 valence electrons. The zero-order valence-electron chi connectivity index (χ0n) is 15.9. The number of H-pyrrole nitrogens is 1. The molecular weight excluding hydrogens is 382 g/mol. The molecule has 1 fully saturated rings. The van der Waals surface area contributed by atoms with Crippen LogP contribution in [0.1, 0.15) is 51.1 Å². The van der Waals surface area contributed by atoms with Crippen molar-refractivity contribution in [2.45, 2.75) is 50.7 Å². The van der Waals surface area contributed by atoms with Crippen molar-refractivity contribution in [3.05, 3.63) is 24.3 Å². The summed E-state index contributed by atoms with van der Waals surface area (Å²) in [5.74, 6) is 0.490. The first-order valence-corrected chi connectivity index (χ1v) is 11.0. The first-order valence-electron chi connectivity index (χ1n) is 9.53. The Morgan fingerprint density at radius 2 is 2.18 bits per heavy atom. The maximum atomic E-state index is 12.7. The third-order valence-corrected chi connectivity index (χ3v) is 7.34. The van der Waals surface area contributed by atoms with Crippen LogP contribution < -0.4 is 0 Å². The number of aromatic amines is 1. The summed E-state index contributed by atoms with van der Waals surface area (Å²) >= 11 is 0. The molecule has 0 aliphatic carbocycles. The number of sulfonamides is 1. The molecule has 0 aromatic carbocycles. The van der Waals surface area contributed by atoms with Gasteiger partial charge in [0.25, 0.3) is 0 Å². The first-order chi connectivity index (χ1) is 13.3. The second kappa shape index (κ2) is 7.11. The Kier molecular flexibility index (Phi) is 4.90. The van der Waals surface area contributed by atoms with Crippen LogP contribution in [0.5, 0.6) is 0 Å². The van der Waals surface area contributed by atoms with E-state index in [1.54, 1.807) is 19.3 Å². The van der Waals surface area contributed by atoms with E-state index in [1.807, 2.05) is 17.6 Å². The number of aromatic nitrogens is 4. The molecule has 3 aromatic rings. The zero-order chi connectivity index (χ0) is 20.1. The van der Waals surface area contributed by atoms with E-state index in [0.29, 0.717) is 36.4 Å². The van der Waals surface area contributed by atoms with Crippen molar-refractivity contribution in [2.24, 2.45) is 0 Å². The third-order valence-electron chi connectivity index (χ3n) is 5.37. The molecule has 3 aromatic heterocycles. The smallest absolute Gasteiger partial charge is 0.241 e. The van der Waals surface area contributed by atoms with E-state index in [2.05, 4.69) is 15.0 Å². The summed E-state index contributed by atoms with van der Waals surface area (Å²) in [5.41, 5.74) is 0.829. The molecule has 0 amide bonds. The zero-order valence-corrected chi connectivity index (χ0v) is 16.7. The molecule has 0 spiro atoms. The second-order valence-corrected chi connectivity index (χ2v) is 9.43. The molecule has 0 radical (unpaired) electrons. The van der Waals surface area contributed by atoms with E-state index in [9.17, 15) is 18.6 Å². The lowest BCUT2D eigenvalue weighted by Gasteiger charge is -2.22. The minimum absolute atomic E-state index is 0.182. The Morgan fingerprint density at radius 1 is 1.39 bits per heavy atom. The van der Waals surface area contributed by atoms with Crippen molar-refractivity contribution >= 4 is 32.1 Å². The van der Waals surface area contributed by atoms with Crippen molar-refractivity contribution in [1.29, 1.82) is 0 Å². The van der Waals surface area contributed by atoms with E-state index in [4.69, 9.17) is 0 Å². The largest absolute Gasteiger partial charge is 0.385 e. The van der Waals surface area contributed by atoms with Crippen molar-refractivity contribution in [2.75, 3.05) is 13.1 Å². The van der Waals surface area contributed by atoms with Gasteiger partial charge >= 0.3 is 0 Å². The van der Waals surface area contributed by atoms with Gasteiger partial charge in [0.15, 0.2) is 5.44 Å². The Morgan fingerprint density at radius 3 is 2.89 bits per heavy atom. The molecule has 3 atom stereocenters. The predicted octanol–water partition coefficient (Wildman–Crippen LogP) is 1.66. The van der Waals surface area contributed by atoms with Gasteiger partial charge in [-0.15, -0.1) is 0 Å². The minimum atomic E-state index is -3.77. The molecule has 1 aliphatic rings. The minimum Gasteiger partial charge on any atom is -0.385 e. The monoisotopic (exact) mass is 407 g/mol. The van der Waals surface area contributed by atoms with Crippen molar-refractivity contribution in [3.8, 4) is 0 Å². The van der Waals surface area contributed by atoms with Crippen LogP contribution in [0.15, 0.2) is 18.5 Å². The number of hydrogen-bond donors (Lipinski definition) is 3. The quantitative estimate of drug-likeness (QED) is 0.571. The molecule has 10 heteroatoms. The van der Waals surface area contributed by atoms with Crippen LogP contribution in [0, 0.1) is 0 Å². The highest BCUT2D eigenvalue weighted by atomic mass is 32.2. The topological polar surface area (TPSA) is 124 Å². The van der Waals surface area contributed by atoms with Gasteiger partial charge in [0.2, 0.25) is 10.0 Å². The van der Waals surface area contributed by atoms with Crippen LogP contribution in [0.3, 0.4) is 0 Å². The summed E-state index contributed by atoms with van der Waals surface area (Å²) in [6.45, 7) is 4.05. The number of fused-ring (bicyclic) bond motifs is 3. The van der Waals surface area contributed by atoms with E-state index >= 15 is 0 Å². The number of aliphatic hydroxyl groups is 2. The molecule has 1 aliphatic heterocycles. The number of nitrogens with one attached hydrogen (secondary N) is 1. The van der Waals surface area contributed by atoms with Crippen molar-refractivity contribution < 1.29 is 18.6 Å². The molecule has 0 bridgehead atoms. The number of hydrogen-bond acceptors (Lipinski definition) is 6. The first kappa shape index (κ1) is 19.3. The number of aliphatic hydroxyl groups excluding tert-OH is 2. The van der Waals surface area contributed by atoms with E-state index in [0.717, 1.165) is 10.9 Å². The molecule has 9 nitrogen and oxygen atoms in total. The lowest BCUT2D eigenvalue weighted by Crippen LogP contribution is -2.37. The summed E-state index contributed by atoms with van der Waals surface area (Å²) in [6, 6.07) is 1.72. The van der Waals surface area contributed by atoms with Crippen LogP contribution in [-0.2, 0) is 10.0 Å². The lowest BCUT2D eigenvalue weighted by molar-refractivity contribution is 0.181. The molecule has 3 N–H and O–H groups in total. The fourth-order valence-corrected chi connectivity index (χ4v) is 5.61. The van der Waals surface area contributed by atoms with Gasteiger partial charge in [-0.05, 0) is 25.8 Å². The third kappa shape index (κ3) is 3.00. The molecule has 28 heavy (non-hydrogen) atoms. The van der Waals surface area contributed by atoms with Gasteiger partial charge in [0.05, 0.1) is 17.8 Å². The molecule has 4 rings (SSSR count). The molecule has 2 unspecified atom stereocenters. The van der Waals surface area contributed by atoms with Gasteiger partial charge in [-0.25, -0.2) is 18.4 Å². The van der Waals surface area contributed by atoms with E-state index in [-0.39, 0.29) is 19.0 Å². The highest BCUT2D eigenvalue weighted by Gasteiger charge is 2.38. The summed E-state index contributed by atoms with van der Waals surface area (Å²) < 4.78 is 28.7. The normalized spacial score (nSPS) is 20.9. The van der Waals surface area contributed by atoms with Gasteiger partial charge in [-0.2, -0.15) is 4.31 Å². The van der Waals surface area contributed by atoms with Gasteiger partial charge < -0.3 is 19.8 Å². The van der Waals surface area contributed by atoms with Gasteiger partial charge in [0.1, 0.15) is 23.1 Å². The van der Waals surface area contributed by atoms with Crippen LogP contribution in [0.25, 0.3) is 22.1 Å². The molecule has 1 saturated heterocycles. The van der Waals surface area contributed by atoms with Gasteiger partial charge in [-0.1, -0.05) is 13.3 Å². The van der Waals surface area contributed by atoms with Crippen LogP contribution >= 0.6 is 0 Å². The van der Waals surface area contributed by atoms with Crippen LogP contribution in [0.2, 0.25) is 0 Å². The number of pyridine rings is 1. The van der Waals surface area contributed by atoms with Crippen LogP contribution in [0.4, 0.5) is 0 Å². The number of imidazole rings is 1. The van der Waals surface area contributed by atoms with Crippen molar-refractivity contribution in [1.82, 2.24) is 23.8 Å². The average Bonchev–Trinajstić information content (AvgIpc) is 3.37. The maximum absolute atomic E-state index is 12.7. The average molecular weight is 407 g/mol. The van der Waals surface area contributed by atoms with E-state index < -0.39 is 21.6 Å². The Balaban J connectivity index is 1.77. The Hall–Kier alpha value is -2.01. The number of rotatable bonds is 6. The van der Waals surface area contributed by atoms with Crippen molar-refractivity contribution in [3.63, 3.8) is 0 Å². The standard InChI is InChI=1S/C18H25N5O4S/c1-3-4-15(25)28(26,27)22-8-6-12(10-22)23-16-13-5-7-19-17(13)20-9-14(16)21-18(23)11(2)24/h5,7,9,11-12,15,24-25H,3-4,6,8,10H2,1-2H3,(H,19,20)/t11-,12?,15?/m1/s1. The van der Waals surface area contributed by atoms with Crippen LogP contribution in [-0.4, -0.2) is 61.0 Å². The highest BCUT2D eigenvalue weighted by Crippen LogP contribution is 2.34.